The summed E-state index contributed by atoms with van der Waals surface area (Å²) in [5.74, 6) is 1.38. The predicted molar refractivity (Wildman–Crippen MR) is 101 cm³/mol. The second kappa shape index (κ2) is 9.06. The van der Waals surface area contributed by atoms with Crippen LogP contribution in [0.5, 0.6) is 5.75 Å². The summed E-state index contributed by atoms with van der Waals surface area (Å²) >= 11 is 12.0. The average molecular weight is 400 g/mol. The number of rotatable bonds is 7. The fourth-order valence-corrected chi connectivity index (χ4v) is 3.30. The largest absolute Gasteiger partial charge is 0.489 e. The number of nitrogens with zero attached hydrogens (tertiary/aromatic N) is 3. The van der Waals surface area contributed by atoms with Gasteiger partial charge in [-0.05, 0) is 19.1 Å². The molecular formula is C18H23Cl2N3O3. The third-order valence-corrected chi connectivity index (χ3v) is 4.86. The Morgan fingerprint density at radius 1 is 1.19 bits per heavy atom. The Morgan fingerprint density at radius 2 is 1.92 bits per heavy atom. The molecule has 1 saturated heterocycles. The summed E-state index contributed by atoms with van der Waals surface area (Å²) in [6.07, 6.45) is -0.589. The molecule has 2 aromatic rings. The van der Waals surface area contributed by atoms with Gasteiger partial charge in [0, 0.05) is 49.9 Å². The van der Waals surface area contributed by atoms with Crippen LogP contribution in [0.25, 0.3) is 0 Å². The zero-order chi connectivity index (χ0) is 18.5. The van der Waals surface area contributed by atoms with Crippen molar-refractivity contribution in [3.05, 3.63) is 45.8 Å². The van der Waals surface area contributed by atoms with Crippen molar-refractivity contribution in [3.8, 4) is 5.75 Å². The highest BCUT2D eigenvalue weighted by Crippen LogP contribution is 2.27. The number of aromatic nitrogens is 1. The van der Waals surface area contributed by atoms with Crippen LogP contribution in [0.15, 0.2) is 28.8 Å². The molecule has 2 heterocycles. The lowest BCUT2D eigenvalue weighted by molar-refractivity contribution is 0.0430. The van der Waals surface area contributed by atoms with Crippen LogP contribution in [-0.4, -0.2) is 65.5 Å². The number of benzene rings is 1. The molecule has 0 aliphatic carbocycles. The van der Waals surface area contributed by atoms with Gasteiger partial charge in [0.1, 0.15) is 18.5 Å². The first-order valence-corrected chi connectivity index (χ1v) is 9.38. The highest BCUT2D eigenvalue weighted by Gasteiger charge is 2.20. The number of hydrogen-bond acceptors (Lipinski definition) is 6. The van der Waals surface area contributed by atoms with Crippen LogP contribution < -0.4 is 4.74 Å². The van der Waals surface area contributed by atoms with Crippen LogP contribution in [0.2, 0.25) is 10.0 Å². The number of aryl methyl sites for hydroxylation is 1. The van der Waals surface area contributed by atoms with E-state index in [-0.39, 0.29) is 6.61 Å². The number of piperazine rings is 1. The minimum atomic E-state index is -0.589. The Labute approximate surface area is 163 Å². The topological polar surface area (TPSA) is 62.0 Å². The third-order valence-electron chi connectivity index (χ3n) is 4.31. The number of aliphatic hydroxyl groups excluding tert-OH is 1. The minimum absolute atomic E-state index is 0.178. The van der Waals surface area contributed by atoms with E-state index in [0.29, 0.717) is 22.3 Å². The van der Waals surface area contributed by atoms with Crippen molar-refractivity contribution in [1.29, 1.82) is 0 Å². The lowest BCUT2D eigenvalue weighted by Gasteiger charge is -2.35. The van der Waals surface area contributed by atoms with Gasteiger partial charge in [-0.15, -0.1) is 0 Å². The molecule has 1 aliphatic heterocycles. The van der Waals surface area contributed by atoms with Gasteiger partial charge in [-0.3, -0.25) is 9.80 Å². The summed E-state index contributed by atoms with van der Waals surface area (Å²) in [6, 6.07) is 7.00. The van der Waals surface area contributed by atoms with Gasteiger partial charge in [0.25, 0.3) is 0 Å². The van der Waals surface area contributed by atoms with Gasteiger partial charge in [0.05, 0.1) is 17.3 Å². The van der Waals surface area contributed by atoms with E-state index in [4.69, 9.17) is 32.5 Å². The molecule has 0 bridgehead atoms. The molecule has 1 aromatic carbocycles. The Hall–Kier alpha value is -1.31. The first-order chi connectivity index (χ1) is 12.5. The molecule has 0 radical (unpaired) electrons. The SMILES string of the molecule is Cc1cc(CN2CCN(CC(O)COc3cc(Cl)ccc3Cl)CC2)on1. The zero-order valence-electron chi connectivity index (χ0n) is 14.7. The predicted octanol–water partition coefficient (Wildman–Crippen LogP) is 2.85. The molecule has 142 valence electrons. The van der Waals surface area contributed by atoms with E-state index in [0.717, 1.165) is 44.2 Å². The molecular weight excluding hydrogens is 377 g/mol. The number of aliphatic hydroxyl groups is 1. The quantitative estimate of drug-likeness (QED) is 0.772. The molecule has 0 amide bonds. The lowest BCUT2D eigenvalue weighted by Crippen LogP contribution is -2.48. The van der Waals surface area contributed by atoms with Gasteiger partial charge >= 0.3 is 0 Å². The fourth-order valence-electron chi connectivity index (χ4n) is 2.97. The third kappa shape index (κ3) is 5.59. The van der Waals surface area contributed by atoms with Gasteiger partial charge in [0.15, 0.2) is 5.76 Å². The maximum atomic E-state index is 10.2. The van der Waals surface area contributed by atoms with Gasteiger partial charge in [-0.1, -0.05) is 28.4 Å². The van der Waals surface area contributed by atoms with Crippen molar-refractivity contribution in [2.45, 2.75) is 19.6 Å². The standard InChI is InChI=1S/C18H23Cl2N3O3/c1-13-8-16(26-21-13)11-23-6-4-22(5-7-23)10-15(24)12-25-18-9-14(19)2-3-17(18)20/h2-3,8-9,15,24H,4-7,10-12H2,1H3. The molecule has 1 N–H and O–H groups in total. The summed E-state index contributed by atoms with van der Waals surface area (Å²) in [5, 5.41) is 15.2. The molecule has 1 aromatic heterocycles. The van der Waals surface area contributed by atoms with E-state index < -0.39 is 6.10 Å². The van der Waals surface area contributed by atoms with E-state index in [1.165, 1.54) is 0 Å². The molecule has 1 unspecified atom stereocenters. The first-order valence-electron chi connectivity index (χ1n) is 8.62. The smallest absolute Gasteiger partial charge is 0.150 e. The van der Waals surface area contributed by atoms with Crippen LogP contribution >= 0.6 is 23.2 Å². The van der Waals surface area contributed by atoms with E-state index in [9.17, 15) is 5.11 Å². The normalized spacial score (nSPS) is 17.4. The van der Waals surface area contributed by atoms with Gasteiger partial charge in [-0.2, -0.15) is 0 Å². The lowest BCUT2D eigenvalue weighted by atomic mass is 10.2. The molecule has 8 heteroatoms. The maximum absolute atomic E-state index is 10.2. The number of ether oxygens (including phenoxy) is 1. The van der Waals surface area contributed by atoms with Gasteiger partial charge < -0.3 is 14.4 Å². The number of halogens is 2. The van der Waals surface area contributed by atoms with Crippen molar-refractivity contribution in [2.24, 2.45) is 0 Å². The van der Waals surface area contributed by atoms with Crippen molar-refractivity contribution >= 4 is 23.2 Å². The van der Waals surface area contributed by atoms with E-state index in [1.54, 1.807) is 18.2 Å². The molecule has 1 fully saturated rings. The monoisotopic (exact) mass is 399 g/mol. The molecule has 6 nitrogen and oxygen atoms in total. The molecule has 0 saturated carbocycles. The second-order valence-corrected chi connectivity index (χ2v) is 7.39. The molecule has 3 rings (SSSR count). The van der Waals surface area contributed by atoms with Crippen LogP contribution in [0.4, 0.5) is 0 Å². The number of hydrogen-bond donors (Lipinski definition) is 1. The van der Waals surface area contributed by atoms with Crippen molar-refractivity contribution in [2.75, 3.05) is 39.3 Å². The van der Waals surface area contributed by atoms with E-state index in [1.807, 2.05) is 13.0 Å². The van der Waals surface area contributed by atoms with Crippen molar-refractivity contribution < 1.29 is 14.4 Å². The molecule has 1 aliphatic rings. The molecule has 1 atom stereocenters. The Kier molecular flexibility index (Phi) is 6.78. The first kappa shape index (κ1) is 19.5. The van der Waals surface area contributed by atoms with Crippen LogP contribution in [0.3, 0.4) is 0 Å². The van der Waals surface area contributed by atoms with Gasteiger partial charge in [0.2, 0.25) is 0 Å². The van der Waals surface area contributed by atoms with Gasteiger partial charge in [-0.25, -0.2) is 0 Å². The van der Waals surface area contributed by atoms with Crippen LogP contribution in [-0.2, 0) is 6.54 Å². The minimum Gasteiger partial charge on any atom is -0.489 e. The van der Waals surface area contributed by atoms with Crippen molar-refractivity contribution in [1.82, 2.24) is 15.0 Å². The average Bonchev–Trinajstić information content (AvgIpc) is 3.02. The zero-order valence-corrected chi connectivity index (χ0v) is 16.2. The highest BCUT2D eigenvalue weighted by atomic mass is 35.5. The van der Waals surface area contributed by atoms with Crippen LogP contribution in [0.1, 0.15) is 11.5 Å². The molecule has 26 heavy (non-hydrogen) atoms. The Balaban J connectivity index is 1.39. The van der Waals surface area contributed by atoms with E-state index in [2.05, 4.69) is 15.0 Å². The summed E-state index contributed by atoms with van der Waals surface area (Å²) in [6.45, 7) is 7.06. The maximum Gasteiger partial charge on any atom is 0.150 e. The fraction of sp³-hybridized carbons (Fsp3) is 0.500. The Bertz CT molecular complexity index is 717. The summed E-state index contributed by atoms with van der Waals surface area (Å²) < 4.78 is 10.9. The Morgan fingerprint density at radius 3 is 2.62 bits per heavy atom. The van der Waals surface area contributed by atoms with Crippen LogP contribution in [0, 0.1) is 6.92 Å². The molecule has 0 spiro atoms. The highest BCUT2D eigenvalue weighted by molar-refractivity contribution is 6.34. The second-order valence-electron chi connectivity index (χ2n) is 6.55. The summed E-state index contributed by atoms with van der Waals surface area (Å²) in [7, 11) is 0. The van der Waals surface area contributed by atoms with E-state index >= 15 is 0 Å². The summed E-state index contributed by atoms with van der Waals surface area (Å²) in [4.78, 5) is 4.56. The summed E-state index contributed by atoms with van der Waals surface area (Å²) in [5.41, 5.74) is 0.904. The number of β-amino-alcohol motifs (C(OH)–C–C–N with tert-alkyl or cyclic N) is 1. The van der Waals surface area contributed by atoms with Crippen molar-refractivity contribution in [3.63, 3.8) is 0 Å².